The van der Waals surface area contributed by atoms with Gasteiger partial charge in [-0.2, -0.15) is 0 Å². The van der Waals surface area contributed by atoms with Crippen LogP contribution in [-0.4, -0.2) is 16.1 Å². The molecule has 144 valence electrons. The van der Waals surface area contributed by atoms with Crippen molar-refractivity contribution in [3.8, 4) is 0 Å². The summed E-state index contributed by atoms with van der Waals surface area (Å²) in [6, 6.07) is 23.2. The van der Waals surface area contributed by atoms with Crippen LogP contribution in [0.4, 0.5) is 0 Å². The molecular weight excluding hydrogens is 358 g/mol. The van der Waals surface area contributed by atoms with Gasteiger partial charge in [-0.25, -0.2) is 0 Å². The van der Waals surface area contributed by atoms with E-state index in [1.54, 1.807) is 6.20 Å². The van der Waals surface area contributed by atoms with Crippen molar-refractivity contribution < 1.29 is 4.74 Å². The van der Waals surface area contributed by atoms with Gasteiger partial charge in [0.2, 0.25) is 0 Å². The summed E-state index contributed by atoms with van der Waals surface area (Å²) in [6.45, 7) is 2.60. The lowest BCUT2D eigenvalue weighted by molar-refractivity contribution is 0.0738. The van der Waals surface area contributed by atoms with Crippen LogP contribution in [0.5, 0.6) is 0 Å². The highest BCUT2D eigenvalue weighted by Gasteiger charge is 2.38. The number of hydrogen-bond acceptors (Lipinski definition) is 4. The predicted octanol–water partition coefficient (Wildman–Crippen LogP) is 5.30. The van der Waals surface area contributed by atoms with E-state index in [4.69, 9.17) is 9.73 Å². The van der Waals surface area contributed by atoms with E-state index in [0.717, 1.165) is 18.0 Å². The van der Waals surface area contributed by atoms with E-state index in [1.807, 2.05) is 24.4 Å². The molecule has 2 aliphatic heterocycles. The zero-order chi connectivity index (χ0) is 19.6. The van der Waals surface area contributed by atoms with Crippen LogP contribution in [0.2, 0.25) is 0 Å². The molecule has 0 spiro atoms. The number of ether oxygens (including phenoxy) is 1. The molecule has 4 heteroatoms. The third-order valence-corrected chi connectivity index (χ3v) is 5.56. The summed E-state index contributed by atoms with van der Waals surface area (Å²) in [5, 5.41) is 0. The van der Waals surface area contributed by atoms with Crippen molar-refractivity contribution in [1.82, 2.24) is 9.88 Å². The number of fused-ring (bicyclic) bond motifs is 3. The van der Waals surface area contributed by atoms with Crippen molar-refractivity contribution in [2.75, 3.05) is 0 Å². The van der Waals surface area contributed by atoms with Gasteiger partial charge in [0.25, 0.3) is 0 Å². The zero-order valence-electron chi connectivity index (χ0n) is 16.4. The summed E-state index contributed by atoms with van der Waals surface area (Å²) >= 11 is 0. The summed E-state index contributed by atoms with van der Waals surface area (Å²) in [7, 11) is 0. The van der Waals surface area contributed by atoms with Crippen molar-refractivity contribution in [1.29, 1.82) is 0 Å². The molecule has 3 aromatic rings. The van der Waals surface area contributed by atoms with Gasteiger partial charge < -0.3 is 9.64 Å². The number of benzene rings is 2. The van der Waals surface area contributed by atoms with Crippen LogP contribution in [0.3, 0.4) is 0 Å². The predicted molar refractivity (Wildman–Crippen MR) is 115 cm³/mol. The minimum absolute atomic E-state index is 0.0748. The highest BCUT2D eigenvalue weighted by molar-refractivity contribution is 5.76. The van der Waals surface area contributed by atoms with Crippen molar-refractivity contribution in [3.63, 3.8) is 0 Å². The first-order valence-corrected chi connectivity index (χ1v) is 10.1. The van der Waals surface area contributed by atoms with E-state index in [-0.39, 0.29) is 12.2 Å². The third kappa shape index (κ3) is 3.31. The van der Waals surface area contributed by atoms with Crippen LogP contribution < -0.4 is 0 Å². The Hall–Kier alpha value is -3.40. The van der Waals surface area contributed by atoms with Gasteiger partial charge in [-0.15, -0.1) is 0 Å². The fraction of sp³-hybridized carbons (Fsp3) is 0.200. The number of pyridine rings is 1. The minimum Gasteiger partial charge on any atom is -0.472 e. The van der Waals surface area contributed by atoms with E-state index >= 15 is 0 Å². The molecule has 29 heavy (non-hydrogen) atoms. The first-order valence-electron chi connectivity index (χ1n) is 10.1. The quantitative estimate of drug-likeness (QED) is 0.602. The molecule has 0 radical (unpaired) electrons. The smallest absolute Gasteiger partial charge is 0.193 e. The minimum atomic E-state index is -0.0887. The topological polar surface area (TPSA) is 37.7 Å². The molecule has 2 unspecified atom stereocenters. The van der Waals surface area contributed by atoms with Crippen LogP contribution in [0, 0.1) is 0 Å². The second-order valence-electron chi connectivity index (χ2n) is 7.34. The van der Waals surface area contributed by atoms with Crippen LogP contribution in [0.15, 0.2) is 83.8 Å². The van der Waals surface area contributed by atoms with E-state index < -0.39 is 0 Å². The summed E-state index contributed by atoms with van der Waals surface area (Å²) in [5.74, 6) is 0.835. The second kappa shape index (κ2) is 7.55. The van der Waals surface area contributed by atoms with Gasteiger partial charge in [0.05, 0.1) is 11.7 Å². The fourth-order valence-corrected chi connectivity index (χ4v) is 3.99. The monoisotopic (exact) mass is 381 g/mol. The van der Waals surface area contributed by atoms with Crippen LogP contribution in [0.1, 0.15) is 47.1 Å². The Labute approximate surface area is 171 Å². The lowest BCUT2D eigenvalue weighted by Crippen LogP contribution is -2.31. The lowest BCUT2D eigenvalue weighted by atomic mass is 9.96. The van der Waals surface area contributed by atoms with Gasteiger partial charge in [-0.3, -0.25) is 9.98 Å². The standard InChI is InChI=1S/C25H23N3O/c1-2-18-10-12-19(13-11-18)25-27-16-23-22-9-4-3-7-20(22)15-24(28(23)25)29-17-21-8-5-6-14-26-21/h3-16,23,25H,2,17H2,1H3. The van der Waals surface area contributed by atoms with Crippen molar-refractivity contribution in [3.05, 3.63) is 107 Å². The van der Waals surface area contributed by atoms with E-state index in [0.29, 0.717) is 6.61 Å². The molecule has 0 saturated carbocycles. The number of nitrogens with zero attached hydrogens (tertiary/aromatic N) is 3. The molecule has 2 aromatic carbocycles. The number of rotatable bonds is 5. The third-order valence-electron chi connectivity index (χ3n) is 5.56. The molecule has 0 aliphatic carbocycles. The molecule has 2 aliphatic rings. The maximum Gasteiger partial charge on any atom is 0.193 e. The molecule has 0 amide bonds. The van der Waals surface area contributed by atoms with Crippen molar-refractivity contribution in [2.24, 2.45) is 4.99 Å². The lowest BCUT2D eigenvalue weighted by Gasteiger charge is -2.36. The Morgan fingerprint density at radius 1 is 0.966 bits per heavy atom. The van der Waals surface area contributed by atoms with Crippen molar-refractivity contribution >= 4 is 12.3 Å². The fourth-order valence-electron chi connectivity index (χ4n) is 3.99. The molecule has 0 fully saturated rings. The Morgan fingerprint density at radius 2 is 1.79 bits per heavy atom. The van der Waals surface area contributed by atoms with E-state index in [2.05, 4.69) is 71.4 Å². The summed E-state index contributed by atoms with van der Waals surface area (Å²) < 4.78 is 6.28. The number of aromatic nitrogens is 1. The average molecular weight is 381 g/mol. The maximum atomic E-state index is 6.28. The van der Waals surface area contributed by atoms with Crippen molar-refractivity contribution in [2.45, 2.75) is 32.2 Å². The number of aryl methyl sites for hydroxylation is 1. The van der Waals surface area contributed by atoms with Gasteiger partial charge in [0, 0.05) is 18.5 Å². The summed E-state index contributed by atoms with van der Waals surface area (Å²) in [6.07, 6.45) is 6.91. The van der Waals surface area contributed by atoms with Gasteiger partial charge in [0.1, 0.15) is 12.8 Å². The molecule has 0 bridgehead atoms. The van der Waals surface area contributed by atoms with Gasteiger partial charge in [-0.1, -0.05) is 61.5 Å². The first-order chi connectivity index (χ1) is 14.3. The highest BCUT2D eigenvalue weighted by atomic mass is 16.5. The first kappa shape index (κ1) is 17.7. The molecule has 0 saturated heterocycles. The van der Waals surface area contributed by atoms with Crippen LogP contribution in [-0.2, 0) is 17.8 Å². The van der Waals surface area contributed by atoms with Gasteiger partial charge >= 0.3 is 0 Å². The largest absolute Gasteiger partial charge is 0.472 e. The molecular formula is C25H23N3O. The molecule has 1 aromatic heterocycles. The Kier molecular flexibility index (Phi) is 4.60. The summed E-state index contributed by atoms with van der Waals surface area (Å²) in [4.78, 5) is 11.5. The Balaban J connectivity index is 1.49. The normalized spacial score (nSPS) is 19.5. The average Bonchev–Trinajstić information content (AvgIpc) is 3.24. The van der Waals surface area contributed by atoms with E-state index in [9.17, 15) is 0 Å². The molecule has 2 atom stereocenters. The maximum absolute atomic E-state index is 6.28. The molecule has 5 rings (SSSR count). The molecule has 0 N–H and O–H groups in total. The van der Waals surface area contributed by atoms with Gasteiger partial charge in [0.15, 0.2) is 5.88 Å². The number of aliphatic imine (C=N–C) groups is 1. The number of hydrogen-bond donors (Lipinski definition) is 0. The SMILES string of the molecule is CCc1ccc(C2N=CC3c4ccccc4C=C(OCc4ccccn4)N32)cc1. The van der Waals surface area contributed by atoms with Gasteiger partial charge in [-0.05, 0) is 40.8 Å². The van der Waals surface area contributed by atoms with Crippen LogP contribution in [0.25, 0.3) is 6.08 Å². The molecule has 4 nitrogen and oxygen atoms in total. The Bertz CT molecular complexity index is 1060. The Morgan fingerprint density at radius 3 is 2.59 bits per heavy atom. The van der Waals surface area contributed by atoms with E-state index in [1.165, 1.54) is 22.3 Å². The zero-order valence-corrected chi connectivity index (χ0v) is 16.4. The highest BCUT2D eigenvalue weighted by Crippen LogP contribution is 2.44. The summed E-state index contributed by atoms with van der Waals surface area (Å²) in [5.41, 5.74) is 5.85. The second-order valence-corrected chi connectivity index (χ2v) is 7.34. The molecule has 3 heterocycles. The van der Waals surface area contributed by atoms with Crippen LogP contribution >= 0.6 is 0 Å².